The largest absolute Gasteiger partial charge is 0.345 e. The fourth-order valence-corrected chi connectivity index (χ4v) is 2.45. The normalized spacial score (nSPS) is 29.4. The smallest absolute Gasteiger partial charge is 0.225 e. The van der Waals surface area contributed by atoms with Crippen molar-refractivity contribution in [3.8, 4) is 0 Å². The molecule has 0 aromatic carbocycles. The van der Waals surface area contributed by atoms with Gasteiger partial charge in [0.15, 0.2) is 0 Å². The van der Waals surface area contributed by atoms with Crippen LogP contribution in [0.2, 0.25) is 0 Å². The third kappa shape index (κ3) is 3.63. The van der Waals surface area contributed by atoms with E-state index in [9.17, 15) is 4.79 Å². The molecule has 0 spiro atoms. The van der Waals surface area contributed by atoms with E-state index in [-0.39, 0.29) is 18.3 Å². The lowest BCUT2D eigenvalue weighted by Crippen LogP contribution is -2.43. The van der Waals surface area contributed by atoms with E-state index < -0.39 is 0 Å². The zero-order valence-electron chi connectivity index (χ0n) is 10.2. The monoisotopic (exact) mass is 246 g/mol. The van der Waals surface area contributed by atoms with E-state index in [1.165, 1.54) is 12.8 Å². The zero-order chi connectivity index (χ0) is 10.8. The fraction of sp³-hybridized carbons (Fsp3) is 0.917. The summed E-state index contributed by atoms with van der Waals surface area (Å²) in [6, 6.07) is 0.502. The summed E-state index contributed by atoms with van der Waals surface area (Å²) in [7, 11) is 1.97. The van der Waals surface area contributed by atoms with E-state index in [0.717, 1.165) is 31.8 Å². The van der Waals surface area contributed by atoms with Crippen LogP contribution in [0.5, 0.6) is 0 Å². The molecule has 4 heteroatoms. The summed E-state index contributed by atoms with van der Waals surface area (Å²) < 4.78 is 0. The molecule has 1 aliphatic heterocycles. The topological polar surface area (TPSA) is 32.3 Å². The summed E-state index contributed by atoms with van der Waals surface area (Å²) >= 11 is 0. The van der Waals surface area contributed by atoms with Crippen LogP contribution in [-0.4, -0.2) is 37.0 Å². The lowest BCUT2D eigenvalue weighted by atomic mass is 9.92. The Morgan fingerprint density at radius 3 is 2.62 bits per heavy atom. The molecule has 2 rings (SSSR count). The van der Waals surface area contributed by atoms with Gasteiger partial charge in [0.1, 0.15) is 0 Å². The molecule has 1 heterocycles. The Labute approximate surface area is 104 Å². The predicted molar refractivity (Wildman–Crippen MR) is 67.8 cm³/mol. The SMILES string of the molecule is C[C@H]1C[C@@H](C(=O)N(C)CC2CC2)CCN1.Cl. The van der Waals surface area contributed by atoms with Gasteiger partial charge in [0.25, 0.3) is 0 Å². The maximum atomic E-state index is 12.1. The van der Waals surface area contributed by atoms with Crippen molar-refractivity contribution in [3.05, 3.63) is 0 Å². The number of carbonyl (C=O) groups excluding carboxylic acids is 1. The first kappa shape index (κ1) is 13.8. The predicted octanol–water partition coefficient (Wildman–Crippen LogP) is 1.66. The Morgan fingerprint density at radius 2 is 2.06 bits per heavy atom. The number of nitrogens with zero attached hydrogens (tertiary/aromatic N) is 1. The highest BCUT2D eigenvalue weighted by Gasteiger charge is 2.30. The number of piperidine rings is 1. The van der Waals surface area contributed by atoms with Gasteiger partial charge in [-0.2, -0.15) is 0 Å². The number of carbonyl (C=O) groups is 1. The van der Waals surface area contributed by atoms with Crippen molar-refractivity contribution in [2.45, 2.75) is 38.6 Å². The Bertz CT molecular complexity index is 243. The summed E-state index contributed by atoms with van der Waals surface area (Å²) in [6.45, 7) is 4.15. The maximum Gasteiger partial charge on any atom is 0.225 e. The summed E-state index contributed by atoms with van der Waals surface area (Å²) in [5, 5.41) is 3.39. The molecular weight excluding hydrogens is 224 g/mol. The molecule has 1 saturated heterocycles. The van der Waals surface area contributed by atoms with Crippen LogP contribution >= 0.6 is 12.4 Å². The van der Waals surface area contributed by atoms with Crippen LogP contribution in [0.3, 0.4) is 0 Å². The molecule has 1 saturated carbocycles. The van der Waals surface area contributed by atoms with Gasteiger partial charge in [0.2, 0.25) is 5.91 Å². The van der Waals surface area contributed by atoms with Crippen molar-refractivity contribution in [1.29, 1.82) is 0 Å². The van der Waals surface area contributed by atoms with Crippen molar-refractivity contribution in [3.63, 3.8) is 0 Å². The minimum Gasteiger partial charge on any atom is -0.345 e. The molecule has 1 aliphatic carbocycles. The van der Waals surface area contributed by atoms with Crippen LogP contribution in [0.4, 0.5) is 0 Å². The second-order valence-corrected chi connectivity index (χ2v) is 5.24. The molecule has 0 aromatic heterocycles. The summed E-state index contributed by atoms with van der Waals surface area (Å²) in [4.78, 5) is 14.1. The molecular formula is C12H23ClN2O. The lowest BCUT2D eigenvalue weighted by molar-refractivity contribution is -0.135. The number of halogens is 1. The van der Waals surface area contributed by atoms with Crippen LogP contribution in [0.15, 0.2) is 0 Å². The van der Waals surface area contributed by atoms with Gasteiger partial charge in [-0.05, 0) is 45.1 Å². The highest BCUT2D eigenvalue weighted by atomic mass is 35.5. The standard InChI is InChI=1S/C12H22N2O.ClH/c1-9-7-11(5-6-13-9)12(15)14(2)8-10-3-4-10;/h9-11,13H,3-8H2,1-2H3;1H/t9-,11-;/m0./s1. The van der Waals surface area contributed by atoms with Crippen molar-refractivity contribution >= 4 is 18.3 Å². The van der Waals surface area contributed by atoms with Gasteiger partial charge in [0.05, 0.1) is 0 Å². The number of amides is 1. The molecule has 2 fully saturated rings. The maximum absolute atomic E-state index is 12.1. The molecule has 0 bridgehead atoms. The van der Waals surface area contributed by atoms with Gasteiger partial charge in [-0.1, -0.05) is 0 Å². The first-order valence-electron chi connectivity index (χ1n) is 6.15. The second-order valence-electron chi connectivity index (χ2n) is 5.24. The molecule has 16 heavy (non-hydrogen) atoms. The van der Waals surface area contributed by atoms with Crippen molar-refractivity contribution in [2.24, 2.45) is 11.8 Å². The summed E-state index contributed by atoms with van der Waals surface area (Å²) in [6.07, 6.45) is 4.66. The minimum absolute atomic E-state index is 0. The molecule has 3 nitrogen and oxygen atoms in total. The summed E-state index contributed by atoms with van der Waals surface area (Å²) in [5.74, 6) is 1.44. The Hall–Kier alpha value is -0.280. The van der Waals surface area contributed by atoms with Gasteiger partial charge < -0.3 is 10.2 Å². The Balaban J connectivity index is 0.00000128. The fourth-order valence-electron chi connectivity index (χ4n) is 2.45. The minimum atomic E-state index is 0. The Morgan fingerprint density at radius 1 is 1.38 bits per heavy atom. The Kier molecular flexibility index (Phi) is 5.06. The van der Waals surface area contributed by atoms with Crippen LogP contribution < -0.4 is 5.32 Å². The van der Waals surface area contributed by atoms with Crippen molar-refractivity contribution in [2.75, 3.05) is 20.1 Å². The van der Waals surface area contributed by atoms with E-state index in [1.807, 2.05) is 11.9 Å². The van der Waals surface area contributed by atoms with Gasteiger partial charge in [0, 0.05) is 25.6 Å². The molecule has 1 N–H and O–H groups in total. The van der Waals surface area contributed by atoms with E-state index in [4.69, 9.17) is 0 Å². The number of hydrogen-bond acceptors (Lipinski definition) is 2. The third-order valence-electron chi connectivity index (χ3n) is 3.58. The van der Waals surface area contributed by atoms with E-state index in [0.29, 0.717) is 11.9 Å². The van der Waals surface area contributed by atoms with E-state index >= 15 is 0 Å². The van der Waals surface area contributed by atoms with Gasteiger partial charge >= 0.3 is 0 Å². The second kappa shape index (κ2) is 5.87. The quantitative estimate of drug-likeness (QED) is 0.822. The van der Waals surface area contributed by atoms with Gasteiger partial charge in [-0.25, -0.2) is 0 Å². The van der Waals surface area contributed by atoms with Gasteiger partial charge in [-0.15, -0.1) is 12.4 Å². The third-order valence-corrected chi connectivity index (χ3v) is 3.58. The van der Waals surface area contributed by atoms with E-state index in [1.54, 1.807) is 0 Å². The van der Waals surface area contributed by atoms with Crippen LogP contribution in [0, 0.1) is 11.8 Å². The molecule has 94 valence electrons. The molecule has 0 aromatic rings. The van der Waals surface area contributed by atoms with Gasteiger partial charge in [-0.3, -0.25) is 4.79 Å². The van der Waals surface area contributed by atoms with Crippen LogP contribution in [0.25, 0.3) is 0 Å². The molecule has 2 atom stereocenters. The lowest BCUT2D eigenvalue weighted by Gasteiger charge is -2.30. The highest BCUT2D eigenvalue weighted by Crippen LogP contribution is 2.30. The number of nitrogens with one attached hydrogen (secondary N) is 1. The molecule has 0 radical (unpaired) electrons. The van der Waals surface area contributed by atoms with Crippen molar-refractivity contribution in [1.82, 2.24) is 10.2 Å². The zero-order valence-corrected chi connectivity index (χ0v) is 11.1. The average molecular weight is 247 g/mol. The van der Waals surface area contributed by atoms with Crippen molar-refractivity contribution < 1.29 is 4.79 Å². The van der Waals surface area contributed by atoms with Crippen LogP contribution in [0.1, 0.15) is 32.6 Å². The molecule has 2 aliphatic rings. The molecule has 0 unspecified atom stereocenters. The average Bonchev–Trinajstić information content (AvgIpc) is 3.00. The summed E-state index contributed by atoms with van der Waals surface area (Å²) in [5.41, 5.74) is 0. The van der Waals surface area contributed by atoms with Crippen LogP contribution in [-0.2, 0) is 4.79 Å². The first-order valence-corrected chi connectivity index (χ1v) is 6.15. The number of rotatable bonds is 3. The highest BCUT2D eigenvalue weighted by molar-refractivity contribution is 5.85. The van der Waals surface area contributed by atoms with E-state index in [2.05, 4.69) is 12.2 Å². The molecule has 1 amide bonds. The first-order chi connectivity index (χ1) is 7.16. The number of hydrogen-bond donors (Lipinski definition) is 1.